The Morgan fingerprint density at radius 2 is 1.75 bits per heavy atom. The summed E-state index contributed by atoms with van der Waals surface area (Å²) in [6.07, 6.45) is 5.30. The van der Waals surface area contributed by atoms with Crippen molar-refractivity contribution in [1.29, 1.82) is 0 Å². The Morgan fingerprint density at radius 3 is 2.39 bits per heavy atom. The summed E-state index contributed by atoms with van der Waals surface area (Å²) < 4.78 is 7.02. The molecule has 1 fully saturated rings. The van der Waals surface area contributed by atoms with Gasteiger partial charge in [-0.05, 0) is 31.2 Å². The first kappa shape index (κ1) is 18.0. The average molecular weight is 378 g/mol. The smallest absolute Gasteiger partial charge is 0.253 e. The third-order valence-corrected chi connectivity index (χ3v) is 4.81. The first-order valence-electron chi connectivity index (χ1n) is 9.16. The van der Waals surface area contributed by atoms with Gasteiger partial charge in [-0.3, -0.25) is 9.36 Å². The number of hydrogen-bond acceptors (Lipinski definition) is 6. The van der Waals surface area contributed by atoms with E-state index < -0.39 is 0 Å². The number of carbonyl (C=O) groups excluding carboxylic acids is 1. The van der Waals surface area contributed by atoms with Crippen molar-refractivity contribution in [3.63, 3.8) is 0 Å². The highest BCUT2D eigenvalue weighted by atomic mass is 16.5. The monoisotopic (exact) mass is 378 g/mol. The number of hydrogen-bond donors (Lipinski definition) is 0. The van der Waals surface area contributed by atoms with Gasteiger partial charge >= 0.3 is 0 Å². The minimum Gasteiger partial charge on any atom is -0.497 e. The Bertz CT molecular complexity index is 947. The molecule has 1 saturated heterocycles. The molecule has 1 aliphatic heterocycles. The van der Waals surface area contributed by atoms with Crippen LogP contribution in [0, 0.1) is 6.92 Å². The zero-order chi connectivity index (χ0) is 19.5. The number of imidazole rings is 1. The van der Waals surface area contributed by atoms with Crippen molar-refractivity contribution in [2.45, 2.75) is 6.92 Å². The van der Waals surface area contributed by atoms with Crippen LogP contribution in [0.1, 0.15) is 16.2 Å². The molecule has 3 heterocycles. The maximum absolute atomic E-state index is 12.7. The van der Waals surface area contributed by atoms with Crippen molar-refractivity contribution in [2.75, 3.05) is 38.2 Å². The molecule has 144 valence electrons. The predicted molar refractivity (Wildman–Crippen MR) is 105 cm³/mol. The summed E-state index contributed by atoms with van der Waals surface area (Å²) >= 11 is 0. The van der Waals surface area contributed by atoms with E-state index >= 15 is 0 Å². The molecular weight excluding hydrogens is 356 g/mol. The molecule has 0 radical (unpaired) electrons. The fraction of sp³-hybridized carbons (Fsp3) is 0.300. The van der Waals surface area contributed by atoms with Gasteiger partial charge in [0.25, 0.3) is 5.91 Å². The number of nitrogens with zero attached hydrogens (tertiary/aromatic N) is 6. The lowest BCUT2D eigenvalue weighted by atomic mass is 10.1. The highest BCUT2D eigenvalue weighted by Gasteiger charge is 2.23. The number of anilines is 1. The molecule has 3 aromatic rings. The average Bonchev–Trinajstić information content (AvgIpc) is 3.28. The molecule has 0 saturated carbocycles. The normalized spacial score (nSPS) is 14.2. The minimum atomic E-state index is 0.0419. The minimum absolute atomic E-state index is 0.0419. The van der Waals surface area contributed by atoms with E-state index in [1.54, 1.807) is 31.8 Å². The van der Waals surface area contributed by atoms with Gasteiger partial charge in [-0.2, -0.15) is 0 Å². The van der Waals surface area contributed by atoms with E-state index in [2.05, 4.69) is 19.9 Å². The Kier molecular flexibility index (Phi) is 4.92. The number of amides is 1. The van der Waals surface area contributed by atoms with E-state index in [0.717, 1.165) is 30.5 Å². The molecule has 1 amide bonds. The molecule has 8 nitrogen and oxygen atoms in total. The summed E-state index contributed by atoms with van der Waals surface area (Å²) in [4.78, 5) is 29.9. The first-order chi connectivity index (χ1) is 13.6. The molecular formula is C20H22N6O2. The lowest BCUT2D eigenvalue weighted by molar-refractivity contribution is 0.0746. The Morgan fingerprint density at radius 1 is 1.04 bits per heavy atom. The highest BCUT2D eigenvalue weighted by Crippen LogP contribution is 2.19. The Hall–Kier alpha value is -3.42. The molecule has 2 aromatic heterocycles. The fourth-order valence-electron chi connectivity index (χ4n) is 3.28. The maximum Gasteiger partial charge on any atom is 0.253 e. The maximum atomic E-state index is 12.7. The second-order valence-electron chi connectivity index (χ2n) is 6.61. The SMILES string of the molecule is COc1ccc(C(=O)N2CCN(c3cc(-n4ccnc4)nc(C)n3)CC2)cc1. The van der Waals surface area contributed by atoms with Crippen LogP contribution in [0.4, 0.5) is 5.82 Å². The van der Waals surface area contributed by atoms with Crippen LogP contribution in [0.15, 0.2) is 49.1 Å². The van der Waals surface area contributed by atoms with Crippen LogP contribution in [0.5, 0.6) is 5.75 Å². The van der Waals surface area contributed by atoms with Gasteiger partial charge < -0.3 is 14.5 Å². The summed E-state index contributed by atoms with van der Waals surface area (Å²) in [5.74, 6) is 3.15. The predicted octanol–water partition coefficient (Wildman–Crippen LogP) is 1.94. The molecule has 0 atom stereocenters. The number of ether oxygens (including phenoxy) is 1. The third kappa shape index (κ3) is 3.66. The molecule has 0 N–H and O–H groups in total. The van der Waals surface area contributed by atoms with Crippen molar-refractivity contribution in [2.24, 2.45) is 0 Å². The number of rotatable bonds is 4. The summed E-state index contributed by atoms with van der Waals surface area (Å²) in [5.41, 5.74) is 0.675. The second kappa shape index (κ2) is 7.67. The van der Waals surface area contributed by atoms with Crippen LogP contribution >= 0.6 is 0 Å². The van der Waals surface area contributed by atoms with Crippen LogP contribution < -0.4 is 9.64 Å². The molecule has 8 heteroatoms. The molecule has 1 aliphatic rings. The molecule has 0 bridgehead atoms. The molecule has 1 aromatic carbocycles. The van der Waals surface area contributed by atoms with Gasteiger partial charge in [0, 0.05) is 50.2 Å². The number of methoxy groups -OCH3 is 1. The molecule has 28 heavy (non-hydrogen) atoms. The van der Waals surface area contributed by atoms with Crippen LogP contribution in [-0.2, 0) is 0 Å². The number of benzene rings is 1. The number of piperazine rings is 1. The third-order valence-electron chi connectivity index (χ3n) is 4.81. The first-order valence-corrected chi connectivity index (χ1v) is 9.16. The van der Waals surface area contributed by atoms with Gasteiger partial charge in [0.05, 0.1) is 7.11 Å². The van der Waals surface area contributed by atoms with Crippen LogP contribution in [0.3, 0.4) is 0 Å². The zero-order valence-electron chi connectivity index (χ0n) is 15.9. The standard InChI is InChI=1S/C20H22N6O2/c1-15-22-18(13-19(23-15)26-8-7-21-14-26)24-9-11-25(12-10-24)20(27)16-3-5-17(28-2)6-4-16/h3-8,13-14H,9-12H2,1-2H3. The van der Waals surface area contributed by atoms with Crippen molar-refractivity contribution in [3.8, 4) is 11.6 Å². The van der Waals surface area contributed by atoms with Crippen LogP contribution in [-0.4, -0.2) is 63.6 Å². The van der Waals surface area contributed by atoms with Gasteiger partial charge in [-0.25, -0.2) is 15.0 Å². The van der Waals surface area contributed by atoms with E-state index in [4.69, 9.17) is 4.74 Å². The van der Waals surface area contributed by atoms with Crippen molar-refractivity contribution in [1.82, 2.24) is 24.4 Å². The van der Waals surface area contributed by atoms with Crippen LogP contribution in [0.25, 0.3) is 5.82 Å². The second-order valence-corrected chi connectivity index (χ2v) is 6.61. The zero-order valence-corrected chi connectivity index (χ0v) is 15.9. The summed E-state index contributed by atoms with van der Waals surface area (Å²) in [6, 6.07) is 9.18. The van der Waals surface area contributed by atoms with Gasteiger partial charge in [-0.15, -0.1) is 0 Å². The quantitative estimate of drug-likeness (QED) is 0.691. The Balaban J connectivity index is 1.44. The lowest BCUT2D eigenvalue weighted by Crippen LogP contribution is -2.49. The molecule has 4 rings (SSSR count). The van der Waals surface area contributed by atoms with E-state index in [9.17, 15) is 4.79 Å². The van der Waals surface area contributed by atoms with Crippen LogP contribution in [0.2, 0.25) is 0 Å². The van der Waals surface area contributed by atoms with Gasteiger partial charge in [0.1, 0.15) is 29.5 Å². The highest BCUT2D eigenvalue weighted by molar-refractivity contribution is 5.94. The number of carbonyl (C=O) groups is 1. The lowest BCUT2D eigenvalue weighted by Gasteiger charge is -2.35. The van der Waals surface area contributed by atoms with E-state index in [1.807, 2.05) is 40.8 Å². The van der Waals surface area contributed by atoms with Crippen molar-refractivity contribution in [3.05, 3.63) is 60.4 Å². The van der Waals surface area contributed by atoms with Crippen molar-refractivity contribution < 1.29 is 9.53 Å². The van der Waals surface area contributed by atoms with E-state index in [0.29, 0.717) is 24.5 Å². The Labute approximate surface area is 163 Å². The number of aryl methyl sites for hydroxylation is 1. The van der Waals surface area contributed by atoms with Gasteiger partial charge in [0.2, 0.25) is 0 Å². The number of aromatic nitrogens is 4. The molecule has 0 spiro atoms. The topological polar surface area (TPSA) is 76.4 Å². The van der Waals surface area contributed by atoms with Crippen molar-refractivity contribution >= 4 is 11.7 Å². The largest absolute Gasteiger partial charge is 0.497 e. The van der Waals surface area contributed by atoms with E-state index in [-0.39, 0.29) is 5.91 Å². The summed E-state index contributed by atoms with van der Waals surface area (Å²) in [7, 11) is 1.61. The summed E-state index contributed by atoms with van der Waals surface area (Å²) in [5, 5.41) is 0. The molecule has 0 unspecified atom stereocenters. The molecule has 0 aliphatic carbocycles. The van der Waals surface area contributed by atoms with Gasteiger partial charge in [0.15, 0.2) is 0 Å². The van der Waals surface area contributed by atoms with E-state index in [1.165, 1.54) is 0 Å². The van der Waals surface area contributed by atoms with Gasteiger partial charge in [-0.1, -0.05) is 0 Å². The summed E-state index contributed by atoms with van der Waals surface area (Å²) in [6.45, 7) is 4.62. The fourth-order valence-corrected chi connectivity index (χ4v) is 3.28.